The van der Waals surface area contributed by atoms with Gasteiger partial charge < -0.3 is 5.73 Å². The van der Waals surface area contributed by atoms with Crippen molar-refractivity contribution in [3.63, 3.8) is 0 Å². The Kier molecular flexibility index (Phi) is 2.82. The van der Waals surface area contributed by atoms with Crippen molar-refractivity contribution in [2.75, 3.05) is 5.73 Å². The first kappa shape index (κ1) is 10.9. The largest absolute Gasteiger partial charge is 0.395 e. The maximum atomic E-state index is 5.81. The molecule has 6 heteroatoms. The van der Waals surface area contributed by atoms with Crippen molar-refractivity contribution in [3.05, 3.63) is 23.7 Å². The Hall–Kier alpha value is -1.56. The molecule has 0 unspecified atom stereocenters. The molecule has 0 fully saturated rings. The third-order valence-corrected chi connectivity index (χ3v) is 2.85. The van der Waals surface area contributed by atoms with Gasteiger partial charge in [0.05, 0.1) is 5.69 Å². The van der Waals surface area contributed by atoms with Gasteiger partial charge in [0.15, 0.2) is 5.16 Å². The van der Waals surface area contributed by atoms with Crippen LogP contribution in [0.25, 0.3) is 0 Å². The Bertz CT molecular complexity index is 500. The molecule has 0 radical (unpaired) electrons. The van der Waals surface area contributed by atoms with E-state index in [9.17, 15) is 0 Å². The van der Waals surface area contributed by atoms with Gasteiger partial charge in [-0.3, -0.25) is 4.68 Å². The zero-order chi connectivity index (χ0) is 11.7. The number of nitrogens with zero attached hydrogens (tertiary/aromatic N) is 4. The molecule has 2 aromatic heterocycles. The highest BCUT2D eigenvalue weighted by atomic mass is 32.2. The molecule has 5 nitrogen and oxygen atoms in total. The molecule has 2 aromatic rings. The van der Waals surface area contributed by atoms with Gasteiger partial charge in [-0.15, -0.1) is 0 Å². The monoisotopic (exact) mass is 235 g/mol. The maximum absolute atomic E-state index is 5.81. The van der Waals surface area contributed by atoms with Crippen LogP contribution in [0.1, 0.15) is 11.4 Å². The summed E-state index contributed by atoms with van der Waals surface area (Å²) in [6.07, 6.45) is 1.77. The van der Waals surface area contributed by atoms with Gasteiger partial charge in [-0.2, -0.15) is 5.10 Å². The number of hydrogen-bond donors (Lipinski definition) is 1. The predicted molar refractivity (Wildman–Crippen MR) is 63.2 cm³/mol. The van der Waals surface area contributed by atoms with Crippen molar-refractivity contribution in [1.82, 2.24) is 19.7 Å². The zero-order valence-electron chi connectivity index (χ0n) is 9.43. The first-order chi connectivity index (χ1) is 7.54. The predicted octanol–water partition coefficient (Wildman–Crippen LogP) is 1.56. The van der Waals surface area contributed by atoms with Crippen molar-refractivity contribution in [1.29, 1.82) is 0 Å². The molecule has 0 bridgehead atoms. The summed E-state index contributed by atoms with van der Waals surface area (Å²) in [5, 5.41) is 5.67. The second kappa shape index (κ2) is 4.13. The molecule has 2 heterocycles. The third kappa shape index (κ3) is 2.33. The van der Waals surface area contributed by atoms with Gasteiger partial charge in [-0.05, 0) is 31.7 Å². The summed E-state index contributed by atoms with van der Waals surface area (Å²) >= 11 is 1.38. The summed E-state index contributed by atoms with van der Waals surface area (Å²) in [7, 11) is 1.84. The highest BCUT2D eigenvalue weighted by molar-refractivity contribution is 7.99. The smallest absolute Gasteiger partial charge is 0.194 e. The van der Waals surface area contributed by atoms with E-state index in [0.717, 1.165) is 16.4 Å². The quantitative estimate of drug-likeness (QED) is 0.800. The fourth-order valence-electron chi connectivity index (χ4n) is 1.39. The van der Waals surface area contributed by atoms with E-state index in [2.05, 4.69) is 15.1 Å². The van der Waals surface area contributed by atoms with Crippen LogP contribution >= 0.6 is 11.8 Å². The fraction of sp³-hybridized carbons (Fsp3) is 0.300. The van der Waals surface area contributed by atoms with E-state index < -0.39 is 0 Å². The number of hydrogen-bond acceptors (Lipinski definition) is 5. The van der Waals surface area contributed by atoms with Crippen LogP contribution in [-0.4, -0.2) is 19.7 Å². The summed E-state index contributed by atoms with van der Waals surface area (Å²) < 4.78 is 1.68. The molecule has 0 aliphatic heterocycles. The molecule has 2 rings (SSSR count). The molecule has 0 saturated carbocycles. The lowest BCUT2D eigenvalue weighted by atomic mass is 10.4. The molecule has 0 aromatic carbocycles. The Morgan fingerprint density at radius 2 is 1.88 bits per heavy atom. The van der Waals surface area contributed by atoms with Crippen LogP contribution in [0.2, 0.25) is 0 Å². The Morgan fingerprint density at radius 3 is 2.38 bits per heavy atom. The van der Waals surface area contributed by atoms with Crippen molar-refractivity contribution in [2.24, 2.45) is 7.05 Å². The van der Waals surface area contributed by atoms with Crippen molar-refractivity contribution in [3.8, 4) is 0 Å². The Labute approximate surface area is 98.1 Å². The average molecular weight is 235 g/mol. The summed E-state index contributed by atoms with van der Waals surface area (Å²) in [5.41, 5.74) is 8.35. The van der Waals surface area contributed by atoms with Crippen molar-refractivity contribution in [2.45, 2.75) is 24.0 Å². The highest BCUT2D eigenvalue weighted by Crippen LogP contribution is 2.27. The standard InChI is InChI=1S/C10H13N5S/c1-6-4-7(2)13-10(12-6)16-9-8(11)5-15(3)14-9/h4-5H,11H2,1-3H3. The Morgan fingerprint density at radius 1 is 1.25 bits per heavy atom. The lowest BCUT2D eigenvalue weighted by molar-refractivity contribution is 0.737. The average Bonchev–Trinajstić information content (AvgIpc) is 2.43. The summed E-state index contributed by atoms with van der Waals surface area (Å²) in [4.78, 5) is 8.65. The zero-order valence-corrected chi connectivity index (χ0v) is 10.2. The molecule has 0 aliphatic carbocycles. The highest BCUT2D eigenvalue weighted by Gasteiger charge is 2.09. The normalized spacial score (nSPS) is 10.7. The molecule has 0 spiro atoms. The van der Waals surface area contributed by atoms with Gasteiger partial charge in [0.25, 0.3) is 0 Å². The molecule has 16 heavy (non-hydrogen) atoms. The lowest BCUT2D eigenvalue weighted by Gasteiger charge is -2.00. The number of nitrogen functional groups attached to an aromatic ring is 1. The van der Waals surface area contributed by atoms with E-state index in [4.69, 9.17) is 5.73 Å². The van der Waals surface area contributed by atoms with E-state index in [1.54, 1.807) is 10.9 Å². The van der Waals surface area contributed by atoms with E-state index in [0.29, 0.717) is 10.8 Å². The molecule has 2 N–H and O–H groups in total. The minimum Gasteiger partial charge on any atom is -0.395 e. The van der Waals surface area contributed by atoms with Crippen LogP contribution in [0.5, 0.6) is 0 Å². The SMILES string of the molecule is Cc1cc(C)nc(Sc2nn(C)cc2N)n1. The number of aryl methyl sites for hydroxylation is 3. The number of aromatic nitrogens is 4. The van der Waals surface area contributed by atoms with Crippen LogP contribution in [-0.2, 0) is 7.05 Å². The van der Waals surface area contributed by atoms with Crippen molar-refractivity contribution < 1.29 is 0 Å². The fourth-order valence-corrected chi connectivity index (χ4v) is 2.28. The first-order valence-corrected chi connectivity index (χ1v) is 5.65. The van der Waals surface area contributed by atoms with E-state index in [-0.39, 0.29) is 0 Å². The third-order valence-electron chi connectivity index (χ3n) is 1.97. The van der Waals surface area contributed by atoms with E-state index in [1.807, 2.05) is 27.0 Å². The molecule has 0 aliphatic rings. The second-order valence-electron chi connectivity index (χ2n) is 3.60. The number of anilines is 1. The molecule has 0 atom stereocenters. The number of nitrogens with two attached hydrogens (primary N) is 1. The van der Waals surface area contributed by atoms with E-state index in [1.165, 1.54) is 11.8 Å². The van der Waals surface area contributed by atoms with Crippen LogP contribution < -0.4 is 5.73 Å². The summed E-state index contributed by atoms with van der Waals surface area (Å²) in [6, 6.07) is 1.94. The lowest BCUT2D eigenvalue weighted by Crippen LogP contribution is -1.94. The number of rotatable bonds is 2. The first-order valence-electron chi connectivity index (χ1n) is 4.84. The maximum Gasteiger partial charge on any atom is 0.194 e. The minimum absolute atomic E-state index is 0.648. The topological polar surface area (TPSA) is 69.6 Å². The molecule has 0 saturated heterocycles. The van der Waals surface area contributed by atoms with Gasteiger partial charge in [-0.1, -0.05) is 0 Å². The molecular formula is C10H13N5S. The molecular weight excluding hydrogens is 222 g/mol. The van der Waals surface area contributed by atoms with Gasteiger partial charge in [0.1, 0.15) is 5.03 Å². The van der Waals surface area contributed by atoms with Gasteiger partial charge in [-0.25, -0.2) is 9.97 Å². The minimum atomic E-state index is 0.648. The van der Waals surface area contributed by atoms with Crippen LogP contribution in [0.15, 0.2) is 22.4 Å². The van der Waals surface area contributed by atoms with Gasteiger partial charge in [0, 0.05) is 24.6 Å². The van der Waals surface area contributed by atoms with Crippen LogP contribution in [0.4, 0.5) is 5.69 Å². The summed E-state index contributed by atoms with van der Waals surface area (Å²) in [6.45, 7) is 3.89. The van der Waals surface area contributed by atoms with Crippen LogP contribution in [0.3, 0.4) is 0 Å². The van der Waals surface area contributed by atoms with Crippen LogP contribution in [0, 0.1) is 13.8 Å². The van der Waals surface area contributed by atoms with Gasteiger partial charge >= 0.3 is 0 Å². The summed E-state index contributed by atoms with van der Waals surface area (Å²) in [5.74, 6) is 0. The van der Waals surface area contributed by atoms with Crippen molar-refractivity contribution >= 4 is 17.4 Å². The molecule has 84 valence electrons. The Balaban J connectivity index is 2.30. The second-order valence-corrected chi connectivity index (χ2v) is 4.55. The van der Waals surface area contributed by atoms with Gasteiger partial charge in [0.2, 0.25) is 0 Å². The van der Waals surface area contributed by atoms with E-state index >= 15 is 0 Å². The molecule has 0 amide bonds.